The first-order valence-electron chi connectivity index (χ1n) is 7.52. The Bertz CT molecular complexity index is 240. The van der Waals surface area contributed by atoms with Gasteiger partial charge in [-0.25, -0.2) is 0 Å². The van der Waals surface area contributed by atoms with Crippen molar-refractivity contribution in [1.82, 2.24) is 15.1 Å². The predicted molar refractivity (Wildman–Crippen MR) is 71.2 cm³/mol. The van der Waals surface area contributed by atoms with Crippen LogP contribution in [0.25, 0.3) is 0 Å². The zero-order valence-electron chi connectivity index (χ0n) is 11.2. The highest BCUT2D eigenvalue weighted by Crippen LogP contribution is 2.31. The summed E-state index contributed by atoms with van der Waals surface area (Å²) in [5.41, 5.74) is 0. The van der Waals surface area contributed by atoms with Gasteiger partial charge in [-0.3, -0.25) is 9.80 Å². The van der Waals surface area contributed by atoms with Crippen LogP contribution in [-0.2, 0) is 0 Å². The van der Waals surface area contributed by atoms with Crippen molar-refractivity contribution in [1.29, 1.82) is 0 Å². The molecule has 0 aromatic carbocycles. The molecule has 1 N–H and O–H groups in total. The standard InChI is InChI=1S/C14H27N3/c1-12(9-13-3-2-4-13)16-5-7-17(8-6-16)14-10-15-11-14/h12-15H,2-11H2,1H3. The van der Waals surface area contributed by atoms with Gasteiger partial charge in [-0.15, -0.1) is 0 Å². The van der Waals surface area contributed by atoms with Crippen LogP contribution in [0.3, 0.4) is 0 Å². The number of piperazine rings is 1. The first kappa shape index (κ1) is 11.9. The van der Waals surface area contributed by atoms with E-state index in [1.807, 2.05) is 0 Å². The fraction of sp³-hybridized carbons (Fsp3) is 1.00. The van der Waals surface area contributed by atoms with Crippen LogP contribution in [0.2, 0.25) is 0 Å². The Labute approximate surface area is 106 Å². The summed E-state index contributed by atoms with van der Waals surface area (Å²) < 4.78 is 0. The summed E-state index contributed by atoms with van der Waals surface area (Å²) in [6.07, 6.45) is 5.93. The quantitative estimate of drug-likeness (QED) is 0.791. The normalized spacial score (nSPS) is 30.9. The zero-order chi connectivity index (χ0) is 11.7. The van der Waals surface area contributed by atoms with Gasteiger partial charge in [0.15, 0.2) is 0 Å². The van der Waals surface area contributed by atoms with Crippen LogP contribution in [0.5, 0.6) is 0 Å². The number of nitrogens with one attached hydrogen (secondary N) is 1. The molecule has 0 amide bonds. The minimum Gasteiger partial charge on any atom is -0.314 e. The van der Waals surface area contributed by atoms with Crippen molar-refractivity contribution in [3.05, 3.63) is 0 Å². The Balaban J connectivity index is 1.40. The topological polar surface area (TPSA) is 18.5 Å². The smallest absolute Gasteiger partial charge is 0.0346 e. The maximum atomic E-state index is 3.38. The summed E-state index contributed by atoms with van der Waals surface area (Å²) in [4.78, 5) is 5.41. The summed E-state index contributed by atoms with van der Waals surface area (Å²) in [6, 6.07) is 1.67. The fourth-order valence-corrected chi connectivity index (χ4v) is 3.43. The van der Waals surface area contributed by atoms with Gasteiger partial charge in [0.1, 0.15) is 0 Å². The molecule has 3 rings (SSSR count). The first-order valence-corrected chi connectivity index (χ1v) is 7.52. The van der Waals surface area contributed by atoms with E-state index in [-0.39, 0.29) is 0 Å². The predicted octanol–water partition coefficient (Wildman–Crippen LogP) is 1.15. The molecule has 3 aliphatic rings. The van der Waals surface area contributed by atoms with E-state index in [4.69, 9.17) is 0 Å². The van der Waals surface area contributed by atoms with Crippen molar-refractivity contribution >= 4 is 0 Å². The van der Waals surface area contributed by atoms with Crippen molar-refractivity contribution in [2.75, 3.05) is 39.3 Å². The lowest BCUT2D eigenvalue weighted by atomic mass is 9.81. The Kier molecular flexibility index (Phi) is 3.69. The van der Waals surface area contributed by atoms with Crippen LogP contribution < -0.4 is 5.32 Å². The summed E-state index contributed by atoms with van der Waals surface area (Å²) in [5, 5.41) is 3.38. The minimum absolute atomic E-state index is 0.821. The number of rotatable bonds is 4. The lowest BCUT2D eigenvalue weighted by Crippen LogP contribution is -2.62. The molecule has 2 heterocycles. The lowest BCUT2D eigenvalue weighted by molar-refractivity contribution is 0.0459. The first-order chi connectivity index (χ1) is 8.33. The van der Waals surface area contributed by atoms with Crippen molar-refractivity contribution in [3.8, 4) is 0 Å². The largest absolute Gasteiger partial charge is 0.314 e. The molecule has 1 atom stereocenters. The minimum atomic E-state index is 0.821. The van der Waals surface area contributed by atoms with Crippen molar-refractivity contribution in [2.24, 2.45) is 5.92 Å². The van der Waals surface area contributed by atoms with Crippen LogP contribution in [0.4, 0.5) is 0 Å². The molecule has 3 heteroatoms. The highest BCUT2D eigenvalue weighted by Gasteiger charge is 2.30. The van der Waals surface area contributed by atoms with Crippen LogP contribution >= 0.6 is 0 Å². The third kappa shape index (κ3) is 2.67. The molecule has 0 radical (unpaired) electrons. The molecule has 2 aliphatic heterocycles. The molecule has 98 valence electrons. The molecule has 17 heavy (non-hydrogen) atoms. The second kappa shape index (κ2) is 5.25. The molecule has 1 aliphatic carbocycles. The molecule has 0 spiro atoms. The van der Waals surface area contributed by atoms with E-state index in [0.29, 0.717) is 0 Å². The molecule has 2 saturated heterocycles. The van der Waals surface area contributed by atoms with Crippen molar-refractivity contribution in [3.63, 3.8) is 0 Å². The molecule has 0 aromatic heterocycles. The second-order valence-corrected chi connectivity index (χ2v) is 6.27. The van der Waals surface area contributed by atoms with Crippen LogP contribution in [0.1, 0.15) is 32.6 Å². The van der Waals surface area contributed by atoms with Gasteiger partial charge in [-0.1, -0.05) is 19.3 Å². The van der Waals surface area contributed by atoms with E-state index in [9.17, 15) is 0 Å². The molecule has 3 nitrogen and oxygen atoms in total. The average Bonchev–Trinajstić information content (AvgIpc) is 2.22. The SMILES string of the molecule is CC(CC1CCC1)N1CCN(C2CNC2)CC1. The van der Waals surface area contributed by atoms with E-state index in [1.165, 1.54) is 65.0 Å². The summed E-state index contributed by atoms with van der Waals surface area (Å²) >= 11 is 0. The van der Waals surface area contributed by atoms with Gasteiger partial charge >= 0.3 is 0 Å². The van der Waals surface area contributed by atoms with Gasteiger partial charge < -0.3 is 5.32 Å². The van der Waals surface area contributed by atoms with Gasteiger partial charge in [0.2, 0.25) is 0 Å². The number of hydrogen-bond donors (Lipinski definition) is 1. The van der Waals surface area contributed by atoms with Crippen LogP contribution in [-0.4, -0.2) is 61.2 Å². The zero-order valence-corrected chi connectivity index (χ0v) is 11.2. The molecule has 0 bridgehead atoms. The molecule has 0 aromatic rings. The maximum absolute atomic E-state index is 3.38. The Hall–Kier alpha value is -0.120. The lowest BCUT2D eigenvalue weighted by Gasteiger charge is -2.45. The highest BCUT2D eigenvalue weighted by atomic mass is 15.3. The van der Waals surface area contributed by atoms with Gasteiger partial charge in [0, 0.05) is 51.4 Å². The van der Waals surface area contributed by atoms with Crippen LogP contribution in [0, 0.1) is 5.92 Å². The van der Waals surface area contributed by atoms with Crippen molar-refractivity contribution < 1.29 is 0 Å². The number of hydrogen-bond acceptors (Lipinski definition) is 3. The molecular formula is C14H27N3. The van der Waals surface area contributed by atoms with Gasteiger partial charge in [-0.2, -0.15) is 0 Å². The highest BCUT2D eigenvalue weighted by molar-refractivity contribution is 4.88. The van der Waals surface area contributed by atoms with Gasteiger partial charge in [-0.05, 0) is 19.3 Å². The van der Waals surface area contributed by atoms with E-state index in [2.05, 4.69) is 22.0 Å². The summed E-state index contributed by atoms with van der Waals surface area (Å²) in [5.74, 6) is 1.05. The van der Waals surface area contributed by atoms with Gasteiger partial charge in [0.25, 0.3) is 0 Å². The third-order valence-electron chi connectivity index (χ3n) is 5.15. The van der Waals surface area contributed by atoms with Crippen molar-refractivity contribution in [2.45, 2.75) is 44.7 Å². The Morgan fingerprint density at radius 1 is 1.12 bits per heavy atom. The van der Waals surface area contributed by atoms with E-state index in [0.717, 1.165) is 18.0 Å². The molecular weight excluding hydrogens is 210 g/mol. The van der Waals surface area contributed by atoms with E-state index in [1.54, 1.807) is 0 Å². The number of nitrogens with zero attached hydrogens (tertiary/aromatic N) is 2. The van der Waals surface area contributed by atoms with E-state index >= 15 is 0 Å². The molecule has 3 fully saturated rings. The molecule has 1 unspecified atom stereocenters. The van der Waals surface area contributed by atoms with E-state index < -0.39 is 0 Å². The summed E-state index contributed by atoms with van der Waals surface area (Å²) in [7, 11) is 0. The fourth-order valence-electron chi connectivity index (χ4n) is 3.43. The van der Waals surface area contributed by atoms with Crippen LogP contribution in [0.15, 0.2) is 0 Å². The van der Waals surface area contributed by atoms with Gasteiger partial charge in [0.05, 0.1) is 0 Å². The Morgan fingerprint density at radius 3 is 2.29 bits per heavy atom. The summed E-state index contributed by atoms with van der Waals surface area (Å²) in [6.45, 7) is 10.1. The third-order valence-corrected chi connectivity index (χ3v) is 5.15. The second-order valence-electron chi connectivity index (χ2n) is 6.27. The average molecular weight is 237 g/mol. The maximum Gasteiger partial charge on any atom is 0.0346 e. The Morgan fingerprint density at radius 2 is 1.82 bits per heavy atom. The molecule has 1 saturated carbocycles. The monoisotopic (exact) mass is 237 g/mol.